The molecule has 2 saturated heterocycles. The molecule has 44 heavy (non-hydrogen) atoms. The third-order valence-corrected chi connectivity index (χ3v) is 9.43. The van der Waals surface area contributed by atoms with Crippen molar-refractivity contribution in [2.24, 2.45) is 5.92 Å². The van der Waals surface area contributed by atoms with Crippen LogP contribution in [0.5, 0.6) is 5.75 Å². The van der Waals surface area contributed by atoms with Gasteiger partial charge in [0, 0.05) is 25.2 Å². The molecule has 0 radical (unpaired) electrons. The summed E-state index contributed by atoms with van der Waals surface area (Å²) in [4.78, 5) is 52.2. The Hall–Kier alpha value is -4.25. The first-order valence-electron chi connectivity index (χ1n) is 15.1. The summed E-state index contributed by atoms with van der Waals surface area (Å²) in [6.45, 7) is 2.87. The molecule has 1 saturated carbocycles. The van der Waals surface area contributed by atoms with E-state index in [9.17, 15) is 24.3 Å². The van der Waals surface area contributed by atoms with Gasteiger partial charge in [-0.1, -0.05) is 24.3 Å². The van der Waals surface area contributed by atoms with E-state index in [1.54, 1.807) is 35.4 Å². The van der Waals surface area contributed by atoms with E-state index < -0.39 is 24.0 Å². The third-order valence-electron chi connectivity index (χ3n) is 8.69. The Morgan fingerprint density at radius 3 is 2.55 bits per heavy atom. The van der Waals surface area contributed by atoms with Gasteiger partial charge in [-0.15, -0.1) is 0 Å². The molecule has 3 heterocycles. The van der Waals surface area contributed by atoms with E-state index in [0.717, 1.165) is 17.1 Å². The number of hydrogen-bond acceptors (Lipinski definition) is 8. The summed E-state index contributed by atoms with van der Waals surface area (Å²) >= 11 is 1.12. The van der Waals surface area contributed by atoms with Crippen LogP contribution in [0.1, 0.15) is 93.7 Å². The summed E-state index contributed by atoms with van der Waals surface area (Å²) in [5.74, 6) is -1.45. The summed E-state index contributed by atoms with van der Waals surface area (Å²) in [5, 5.41) is 13.1. The first kappa shape index (κ1) is 29.8. The molecular weight excluding hydrogens is 582 g/mol. The topological polar surface area (TPSA) is 135 Å². The number of carbonyl (C=O) groups is 4. The molecule has 2 aliphatic heterocycles. The Balaban J connectivity index is 1.26. The molecule has 0 unspecified atom stereocenters. The highest BCUT2D eigenvalue weighted by atomic mass is 32.1. The number of carboxylic acids is 1. The van der Waals surface area contributed by atoms with Gasteiger partial charge in [0.05, 0.1) is 23.9 Å². The highest BCUT2D eigenvalue weighted by Crippen LogP contribution is 2.41. The normalized spacial score (nSPS) is 21.3. The maximum absolute atomic E-state index is 13.1. The van der Waals surface area contributed by atoms with Gasteiger partial charge in [0.25, 0.3) is 5.91 Å². The van der Waals surface area contributed by atoms with E-state index in [1.165, 1.54) is 18.4 Å². The number of nitrogens with zero attached hydrogens (tertiary/aromatic N) is 2. The highest BCUT2D eigenvalue weighted by molar-refractivity contribution is 7.08. The van der Waals surface area contributed by atoms with Crippen molar-refractivity contribution in [2.75, 3.05) is 19.7 Å². The van der Waals surface area contributed by atoms with Crippen LogP contribution in [0.4, 0.5) is 0 Å². The van der Waals surface area contributed by atoms with Crippen LogP contribution >= 0.6 is 11.5 Å². The second kappa shape index (κ2) is 12.8. The van der Waals surface area contributed by atoms with E-state index >= 15 is 0 Å². The first-order chi connectivity index (χ1) is 21.3. The molecule has 2 aromatic carbocycles. The zero-order valence-corrected chi connectivity index (χ0v) is 25.3. The van der Waals surface area contributed by atoms with Crippen LogP contribution in [0.15, 0.2) is 54.7 Å². The van der Waals surface area contributed by atoms with Crippen LogP contribution in [-0.2, 0) is 14.3 Å². The number of hydrogen-bond donors (Lipinski definition) is 2. The number of esters is 1. The lowest BCUT2D eigenvalue weighted by Crippen LogP contribution is -2.42. The van der Waals surface area contributed by atoms with Gasteiger partial charge in [-0.2, -0.15) is 0 Å². The lowest BCUT2D eigenvalue weighted by atomic mass is 9.86. The van der Waals surface area contributed by atoms with Crippen molar-refractivity contribution in [2.45, 2.75) is 63.0 Å². The van der Waals surface area contributed by atoms with Gasteiger partial charge in [-0.05, 0) is 91.0 Å². The van der Waals surface area contributed by atoms with Crippen molar-refractivity contribution in [3.8, 4) is 5.75 Å². The summed E-state index contributed by atoms with van der Waals surface area (Å²) in [6.07, 6.45) is 4.89. The zero-order valence-electron chi connectivity index (χ0n) is 24.4. The molecule has 11 heteroatoms. The Bertz CT molecular complexity index is 1540. The summed E-state index contributed by atoms with van der Waals surface area (Å²) in [6, 6.07) is 14.5. The van der Waals surface area contributed by atoms with Gasteiger partial charge in [-0.25, -0.2) is 9.17 Å². The number of aromatic nitrogens is 1. The van der Waals surface area contributed by atoms with Crippen LogP contribution < -0.4 is 10.1 Å². The lowest BCUT2D eigenvalue weighted by Gasteiger charge is -2.35. The number of rotatable bonds is 10. The number of piperidine rings is 1. The molecule has 6 rings (SSSR count). The fraction of sp³-hybridized carbons (Fsp3) is 0.424. The van der Waals surface area contributed by atoms with Gasteiger partial charge >= 0.3 is 11.9 Å². The van der Waals surface area contributed by atoms with Crippen molar-refractivity contribution in [1.29, 1.82) is 0 Å². The summed E-state index contributed by atoms with van der Waals surface area (Å²) < 4.78 is 15.6. The standard InChI is InChI=1S/C33H35N3O7S/c1-19(35-31(38)28-12-13-34-44-28)30(22-8-6-21(7-9-22)20-4-5-20)43-25-10-11-26(33(40)41)27(16-25)23-3-2-14-36(17-23)32(39)24-15-29(37)42-18-24/h6-13,16,19-20,23-24,30H,2-5,14-15,17-18H2,1H3,(H,35,38)(H,40,41)/t19-,23+,24+,30-/m0/s1. The average Bonchev–Trinajstić information content (AvgIpc) is 3.54. The minimum atomic E-state index is -1.05. The Kier molecular flexibility index (Phi) is 8.65. The van der Waals surface area contributed by atoms with Crippen molar-refractivity contribution < 1.29 is 33.8 Å². The predicted octanol–water partition coefficient (Wildman–Crippen LogP) is 4.93. The van der Waals surface area contributed by atoms with Crippen molar-refractivity contribution in [3.63, 3.8) is 0 Å². The lowest BCUT2D eigenvalue weighted by molar-refractivity contribution is -0.138. The van der Waals surface area contributed by atoms with E-state index in [1.807, 2.05) is 19.1 Å². The SMILES string of the molecule is C[C@H](NC(=O)c1ccns1)[C@H](Oc1ccc(C(=O)O)c([C@@H]2CCCN(C(=O)[C@H]3COC(=O)C3)C2)c1)c1ccc(C2CC2)cc1. The average molecular weight is 618 g/mol. The molecule has 2 amide bonds. The number of amides is 2. The fourth-order valence-corrected chi connectivity index (χ4v) is 6.67. The minimum absolute atomic E-state index is 0.0739. The maximum atomic E-state index is 13.1. The number of nitrogens with one attached hydrogen (secondary N) is 1. The van der Waals surface area contributed by atoms with Crippen molar-refractivity contribution >= 4 is 35.3 Å². The highest BCUT2D eigenvalue weighted by Gasteiger charge is 2.36. The molecule has 3 fully saturated rings. The number of carbonyl (C=O) groups excluding carboxylic acids is 3. The van der Waals surface area contributed by atoms with Gasteiger partial charge in [0.2, 0.25) is 5.91 Å². The van der Waals surface area contributed by atoms with Gasteiger partial charge in [0.15, 0.2) is 0 Å². The van der Waals surface area contributed by atoms with Crippen LogP contribution in [0.3, 0.4) is 0 Å². The Labute approximate surface area is 259 Å². The number of aromatic carboxylic acids is 1. The monoisotopic (exact) mass is 617 g/mol. The predicted molar refractivity (Wildman–Crippen MR) is 162 cm³/mol. The number of ether oxygens (including phenoxy) is 2. The summed E-state index contributed by atoms with van der Waals surface area (Å²) in [7, 11) is 0. The molecule has 1 aromatic heterocycles. The smallest absolute Gasteiger partial charge is 0.335 e. The molecule has 2 N–H and O–H groups in total. The second-order valence-electron chi connectivity index (χ2n) is 11.9. The van der Waals surface area contributed by atoms with E-state index in [2.05, 4.69) is 21.8 Å². The largest absolute Gasteiger partial charge is 0.484 e. The van der Waals surface area contributed by atoms with E-state index in [4.69, 9.17) is 9.47 Å². The molecule has 3 aliphatic rings. The van der Waals surface area contributed by atoms with Gasteiger partial charge in [0.1, 0.15) is 23.3 Å². The molecule has 4 atom stereocenters. The zero-order chi connectivity index (χ0) is 30.8. The van der Waals surface area contributed by atoms with Crippen LogP contribution in [-0.4, -0.2) is 63.9 Å². The number of likely N-dealkylation sites (tertiary alicyclic amines) is 1. The molecule has 3 aromatic rings. The maximum Gasteiger partial charge on any atom is 0.335 e. The second-order valence-corrected chi connectivity index (χ2v) is 12.7. The van der Waals surface area contributed by atoms with Gasteiger partial charge in [-0.3, -0.25) is 14.4 Å². The van der Waals surface area contributed by atoms with Crippen LogP contribution in [0, 0.1) is 5.92 Å². The molecular formula is C33H35N3O7S. The third kappa shape index (κ3) is 6.62. The number of benzene rings is 2. The fourth-order valence-electron chi connectivity index (χ4n) is 6.17. The minimum Gasteiger partial charge on any atom is -0.484 e. The molecule has 1 aliphatic carbocycles. The quantitative estimate of drug-likeness (QED) is 0.306. The van der Waals surface area contributed by atoms with E-state index in [-0.39, 0.29) is 42.3 Å². The first-order valence-corrected chi connectivity index (χ1v) is 15.8. The molecule has 0 bridgehead atoms. The number of carboxylic acid groups (broad SMARTS) is 1. The molecule has 0 spiro atoms. The van der Waals surface area contributed by atoms with Gasteiger partial charge < -0.3 is 24.8 Å². The van der Waals surface area contributed by atoms with Crippen molar-refractivity contribution in [3.05, 3.63) is 81.9 Å². The molecule has 10 nitrogen and oxygen atoms in total. The number of cyclic esters (lactones) is 1. The Morgan fingerprint density at radius 2 is 1.89 bits per heavy atom. The molecule has 230 valence electrons. The van der Waals surface area contributed by atoms with Crippen LogP contribution in [0.2, 0.25) is 0 Å². The Morgan fingerprint density at radius 1 is 1.09 bits per heavy atom. The van der Waals surface area contributed by atoms with E-state index in [0.29, 0.717) is 48.0 Å². The van der Waals surface area contributed by atoms with Crippen molar-refractivity contribution in [1.82, 2.24) is 14.6 Å². The summed E-state index contributed by atoms with van der Waals surface area (Å²) in [5.41, 5.74) is 2.92. The van der Waals surface area contributed by atoms with Crippen LogP contribution in [0.25, 0.3) is 0 Å².